The third-order valence-electron chi connectivity index (χ3n) is 3.65. The quantitative estimate of drug-likeness (QED) is 0.489. The Bertz CT molecular complexity index is 417. The first-order chi connectivity index (χ1) is 8.74. The number of benzene rings is 1. The summed E-state index contributed by atoms with van der Waals surface area (Å²) in [5.74, 6) is 1.30. The van der Waals surface area contributed by atoms with Crippen molar-refractivity contribution in [1.29, 1.82) is 0 Å². The van der Waals surface area contributed by atoms with Crippen LogP contribution in [0, 0.1) is 0 Å². The number of methoxy groups -OCH3 is 1. The minimum atomic E-state index is 0.544. The molecule has 0 atom stereocenters. The number of rotatable bonds is 4. The van der Waals surface area contributed by atoms with E-state index < -0.39 is 0 Å². The lowest BCUT2D eigenvalue weighted by atomic mass is 9.84. The molecule has 0 bridgehead atoms. The van der Waals surface area contributed by atoms with Crippen molar-refractivity contribution in [3.8, 4) is 5.75 Å². The largest absolute Gasteiger partial charge is 0.495 e. The van der Waals surface area contributed by atoms with E-state index in [1.165, 1.54) is 5.56 Å². The van der Waals surface area contributed by atoms with E-state index in [4.69, 9.17) is 10.5 Å². The molecule has 0 aliphatic carbocycles. The smallest absolute Gasteiger partial charge is 0.281 e. The molecule has 1 aromatic carbocycles. The van der Waals surface area contributed by atoms with Crippen molar-refractivity contribution in [3.05, 3.63) is 23.8 Å². The molecule has 0 radical (unpaired) electrons. The Morgan fingerprint density at radius 2 is 2.17 bits per heavy atom. The van der Waals surface area contributed by atoms with Gasteiger partial charge in [0.2, 0.25) is 0 Å². The van der Waals surface area contributed by atoms with Gasteiger partial charge in [-0.25, -0.2) is 0 Å². The zero-order chi connectivity index (χ0) is 13.0. The Balaban J connectivity index is 2.03. The van der Waals surface area contributed by atoms with Gasteiger partial charge in [-0.1, -0.05) is 6.07 Å². The summed E-state index contributed by atoms with van der Waals surface area (Å²) in [6, 6.07) is 6.03. The van der Waals surface area contributed by atoms with Crippen LogP contribution in [0.5, 0.6) is 5.75 Å². The van der Waals surface area contributed by atoms with Crippen LogP contribution in [0.25, 0.3) is 0 Å². The number of piperidine rings is 1. The number of hydrogen-bond donors (Lipinski definition) is 1. The fourth-order valence-corrected chi connectivity index (χ4v) is 2.54. The van der Waals surface area contributed by atoms with Gasteiger partial charge in [-0.2, -0.15) is 0 Å². The van der Waals surface area contributed by atoms with Crippen molar-refractivity contribution < 1.29 is 9.53 Å². The first-order valence-corrected chi connectivity index (χ1v) is 6.34. The first kappa shape index (κ1) is 13.0. The first-order valence-electron chi connectivity index (χ1n) is 6.34. The second-order valence-electron chi connectivity index (χ2n) is 4.74. The number of ether oxygens (including phenoxy) is 1. The molecule has 1 aliphatic rings. The molecule has 5 heteroatoms. The standard InChI is InChI=1S/C13H19BN2O2/c1-18-13-8-11(2-3-12(13)15)10-4-6-16(7-5-10)14-9-17/h2-3,8-10,14H,4-7,15H2,1H3. The molecule has 1 saturated heterocycles. The van der Waals surface area contributed by atoms with Crippen LogP contribution in [0.1, 0.15) is 24.3 Å². The minimum absolute atomic E-state index is 0.544. The molecule has 18 heavy (non-hydrogen) atoms. The highest BCUT2D eigenvalue weighted by Gasteiger charge is 2.21. The summed E-state index contributed by atoms with van der Waals surface area (Å²) >= 11 is 0. The van der Waals surface area contributed by atoms with E-state index in [2.05, 4.69) is 10.9 Å². The summed E-state index contributed by atoms with van der Waals surface area (Å²) < 4.78 is 5.25. The molecule has 0 spiro atoms. The third-order valence-corrected chi connectivity index (χ3v) is 3.65. The molecular formula is C13H19BN2O2. The maximum absolute atomic E-state index is 10.5. The van der Waals surface area contributed by atoms with Gasteiger partial charge in [0.1, 0.15) is 5.75 Å². The molecule has 0 aromatic heterocycles. The monoisotopic (exact) mass is 246 g/mol. The van der Waals surface area contributed by atoms with Gasteiger partial charge in [-0.3, -0.25) is 0 Å². The van der Waals surface area contributed by atoms with Crippen LogP contribution >= 0.6 is 0 Å². The normalized spacial score (nSPS) is 17.4. The number of nitrogen functional groups attached to an aromatic ring is 1. The number of hydrogen-bond acceptors (Lipinski definition) is 4. The fourth-order valence-electron chi connectivity index (χ4n) is 2.54. The van der Waals surface area contributed by atoms with Crippen LogP contribution in [0.4, 0.5) is 5.69 Å². The van der Waals surface area contributed by atoms with E-state index >= 15 is 0 Å². The van der Waals surface area contributed by atoms with Gasteiger partial charge in [-0.05, 0) is 49.5 Å². The molecule has 4 nitrogen and oxygen atoms in total. The molecule has 1 heterocycles. The fraction of sp³-hybridized carbons (Fsp3) is 0.462. The summed E-state index contributed by atoms with van der Waals surface area (Å²) in [6.45, 7) is 1.96. The molecule has 1 aromatic rings. The second kappa shape index (κ2) is 5.91. The predicted octanol–water partition coefficient (Wildman–Crippen LogP) is 0.998. The number of carbonyl (C=O) groups excluding carboxylic acids is 1. The van der Waals surface area contributed by atoms with E-state index in [-0.39, 0.29) is 0 Å². The number of anilines is 1. The lowest BCUT2D eigenvalue weighted by Crippen LogP contribution is -2.36. The van der Waals surface area contributed by atoms with Gasteiger partial charge in [-0.15, -0.1) is 0 Å². The average Bonchev–Trinajstić information content (AvgIpc) is 2.41. The Hall–Kier alpha value is -1.49. The van der Waals surface area contributed by atoms with E-state index in [1.807, 2.05) is 12.1 Å². The molecule has 0 saturated carbocycles. The predicted molar refractivity (Wildman–Crippen MR) is 74.9 cm³/mol. The summed E-state index contributed by atoms with van der Waals surface area (Å²) in [4.78, 5) is 12.7. The van der Waals surface area contributed by atoms with Crippen molar-refractivity contribution in [2.45, 2.75) is 18.8 Å². The summed E-state index contributed by atoms with van der Waals surface area (Å²) in [5.41, 5.74) is 7.78. The number of nitrogens with two attached hydrogens (primary N) is 1. The van der Waals surface area contributed by atoms with Crippen molar-refractivity contribution in [2.75, 3.05) is 25.9 Å². The minimum Gasteiger partial charge on any atom is -0.495 e. The van der Waals surface area contributed by atoms with Gasteiger partial charge in [0.15, 0.2) is 0 Å². The van der Waals surface area contributed by atoms with E-state index in [1.54, 1.807) is 7.11 Å². The molecule has 2 N–H and O–H groups in total. The molecule has 0 amide bonds. The summed E-state index contributed by atoms with van der Waals surface area (Å²) in [6.07, 6.45) is 3.15. The zero-order valence-corrected chi connectivity index (χ0v) is 10.8. The van der Waals surface area contributed by atoms with Crippen LogP contribution in [0.2, 0.25) is 0 Å². The van der Waals surface area contributed by atoms with Crippen LogP contribution in [-0.2, 0) is 4.79 Å². The van der Waals surface area contributed by atoms with E-state index in [0.717, 1.165) is 37.9 Å². The van der Waals surface area contributed by atoms with Crippen molar-refractivity contribution >= 4 is 19.3 Å². The topological polar surface area (TPSA) is 55.6 Å². The Labute approximate surface area is 108 Å². The van der Waals surface area contributed by atoms with Gasteiger partial charge in [0.25, 0.3) is 7.41 Å². The van der Waals surface area contributed by atoms with Crippen LogP contribution in [0.3, 0.4) is 0 Å². The molecule has 1 fully saturated rings. The van der Waals surface area contributed by atoms with Gasteiger partial charge in [0.05, 0.1) is 19.0 Å². The van der Waals surface area contributed by atoms with Crippen molar-refractivity contribution in [3.63, 3.8) is 0 Å². The van der Waals surface area contributed by atoms with Crippen LogP contribution in [-0.4, -0.2) is 38.6 Å². The Morgan fingerprint density at radius 3 is 2.78 bits per heavy atom. The second-order valence-corrected chi connectivity index (χ2v) is 4.74. The summed E-state index contributed by atoms with van der Waals surface area (Å²) in [7, 11) is 2.19. The SMILES string of the molecule is COc1cc(C2CCN(BC=O)CC2)ccc1N. The molecule has 0 unspecified atom stereocenters. The van der Waals surface area contributed by atoms with Gasteiger partial charge >= 0.3 is 0 Å². The van der Waals surface area contributed by atoms with Crippen molar-refractivity contribution in [2.24, 2.45) is 0 Å². The lowest BCUT2D eigenvalue weighted by Gasteiger charge is -2.31. The maximum atomic E-state index is 10.5. The third kappa shape index (κ3) is 2.85. The summed E-state index contributed by atoms with van der Waals surface area (Å²) in [5, 5.41) is 0. The van der Waals surface area contributed by atoms with Crippen LogP contribution < -0.4 is 10.5 Å². The van der Waals surface area contributed by atoms with Crippen molar-refractivity contribution in [1.82, 2.24) is 4.81 Å². The molecule has 1 aliphatic heterocycles. The van der Waals surface area contributed by atoms with Crippen LogP contribution in [0.15, 0.2) is 18.2 Å². The van der Waals surface area contributed by atoms with E-state index in [0.29, 0.717) is 19.0 Å². The maximum Gasteiger partial charge on any atom is 0.281 e. The van der Waals surface area contributed by atoms with Gasteiger partial charge < -0.3 is 20.1 Å². The zero-order valence-electron chi connectivity index (χ0n) is 10.8. The number of carbonyl (C=O) groups is 1. The Morgan fingerprint density at radius 1 is 1.44 bits per heavy atom. The van der Waals surface area contributed by atoms with E-state index in [9.17, 15) is 4.79 Å². The highest BCUT2D eigenvalue weighted by atomic mass is 16.5. The highest BCUT2D eigenvalue weighted by molar-refractivity contribution is 6.64. The Kier molecular flexibility index (Phi) is 4.26. The molecular weight excluding hydrogens is 227 g/mol. The highest BCUT2D eigenvalue weighted by Crippen LogP contribution is 2.32. The van der Waals surface area contributed by atoms with Gasteiger partial charge in [0, 0.05) is 0 Å². The number of nitrogens with zero attached hydrogens (tertiary/aromatic N) is 1. The molecule has 96 valence electrons. The average molecular weight is 246 g/mol. The molecule has 2 rings (SSSR count). The lowest BCUT2D eigenvalue weighted by molar-refractivity contribution is 0.330.